The quantitative estimate of drug-likeness (QED) is 0.364. The van der Waals surface area contributed by atoms with Crippen LogP contribution in [0.3, 0.4) is 0 Å². The second kappa shape index (κ2) is 8.19. The summed E-state index contributed by atoms with van der Waals surface area (Å²) in [4.78, 5) is 11.2. The Morgan fingerprint density at radius 3 is 2.71 bits per heavy atom. The fraction of sp³-hybridized carbons (Fsp3) is 0.172. The fourth-order valence-corrected chi connectivity index (χ4v) is 6.06. The van der Waals surface area contributed by atoms with Gasteiger partial charge in [0.1, 0.15) is 11.5 Å². The lowest BCUT2D eigenvalue weighted by molar-refractivity contribution is 0.577. The number of fused-ring (bicyclic) bond motifs is 4. The van der Waals surface area contributed by atoms with E-state index in [1.54, 1.807) is 29.2 Å². The number of piperazine rings is 1. The van der Waals surface area contributed by atoms with Crippen LogP contribution in [0.1, 0.15) is 6.42 Å². The van der Waals surface area contributed by atoms with Crippen molar-refractivity contribution >= 4 is 22.2 Å². The van der Waals surface area contributed by atoms with E-state index >= 15 is 4.39 Å². The Balaban J connectivity index is 1.33. The molecule has 4 aromatic heterocycles. The number of hydrogen-bond donors (Lipinski definition) is 2. The number of halogens is 1. The van der Waals surface area contributed by atoms with Gasteiger partial charge in [0.25, 0.3) is 0 Å². The molecule has 0 saturated carbocycles. The summed E-state index contributed by atoms with van der Waals surface area (Å²) < 4.78 is 17.5. The van der Waals surface area contributed by atoms with Crippen LogP contribution < -0.4 is 10.2 Å². The monoisotopic (exact) mass is 502 g/mol. The smallest absolute Gasteiger partial charge is 0.164 e. The molecule has 38 heavy (non-hydrogen) atoms. The van der Waals surface area contributed by atoms with Gasteiger partial charge in [0, 0.05) is 66.0 Å². The van der Waals surface area contributed by atoms with Crippen molar-refractivity contribution in [1.29, 1.82) is 0 Å². The average Bonchev–Trinajstić information content (AvgIpc) is 3.76. The van der Waals surface area contributed by atoms with E-state index in [1.807, 2.05) is 54.7 Å². The van der Waals surface area contributed by atoms with E-state index in [0.717, 1.165) is 58.5 Å². The lowest BCUT2D eigenvalue weighted by atomic mass is 9.99. The third-order valence-corrected chi connectivity index (χ3v) is 7.84. The molecule has 2 saturated heterocycles. The highest BCUT2D eigenvalue weighted by Crippen LogP contribution is 2.39. The highest BCUT2D eigenvalue weighted by atomic mass is 19.1. The maximum atomic E-state index is 15.8. The van der Waals surface area contributed by atoms with Crippen molar-refractivity contribution in [1.82, 2.24) is 35.1 Å². The molecule has 0 aliphatic carbocycles. The molecular formula is C29H23FN8. The number of rotatable bonds is 4. The molecule has 2 aromatic carbocycles. The molecule has 6 heterocycles. The maximum Gasteiger partial charge on any atom is 0.164 e. The van der Waals surface area contributed by atoms with E-state index in [-0.39, 0.29) is 5.82 Å². The molecule has 0 amide bonds. The van der Waals surface area contributed by atoms with Crippen LogP contribution in [0.25, 0.3) is 50.2 Å². The summed E-state index contributed by atoms with van der Waals surface area (Å²) in [6.07, 6.45) is 8.14. The Labute approximate surface area is 217 Å². The third-order valence-electron chi connectivity index (χ3n) is 7.84. The lowest BCUT2D eigenvalue weighted by Gasteiger charge is -2.29. The predicted molar refractivity (Wildman–Crippen MR) is 144 cm³/mol. The van der Waals surface area contributed by atoms with Gasteiger partial charge < -0.3 is 10.2 Å². The minimum atomic E-state index is -0.273. The average molecular weight is 503 g/mol. The number of aromatic amines is 1. The van der Waals surface area contributed by atoms with Crippen LogP contribution in [0.4, 0.5) is 10.1 Å². The number of H-pyrrole nitrogens is 1. The van der Waals surface area contributed by atoms with Crippen molar-refractivity contribution < 1.29 is 4.39 Å². The van der Waals surface area contributed by atoms with Gasteiger partial charge in [0.15, 0.2) is 5.65 Å². The van der Waals surface area contributed by atoms with Gasteiger partial charge in [0.05, 0.1) is 23.0 Å². The van der Waals surface area contributed by atoms with Gasteiger partial charge in [-0.3, -0.25) is 10.1 Å². The van der Waals surface area contributed by atoms with Gasteiger partial charge >= 0.3 is 0 Å². The molecule has 186 valence electrons. The number of nitrogens with zero attached hydrogens (tertiary/aromatic N) is 6. The topological polar surface area (TPSA) is 87.0 Å². The molecule has 9 heteroatoms. The van der Waals surface area contributed by atoms with Gasteiger partial charge in [-0.25, -0.2) is 13.9 Å². The normalized spacial score (nSPS) is 18.7. The predicted octanol–water partition coefficient (Wildman–Crippen LogP) is 4.69. The highest BCUT2D eigenvalue weighted by Gasteiger charge is 2.37. The van der Waals surface area contributed by atoms with Crippen molar-refractivity contribution in [3.8, 4) is 33.6 Å². The molecule has 0 unspecified atom stereocenters. The van der Waals surface area contributed by atoms with Gasteiger partial charge in [0.2, 0.25) is 0 Å². The van der Waals surface area contributed by atoms with E-state index in [0.29, 0.717) is 29.0 Å². The Morgan fingerprint density at radius 2 is 1.89 bits per heavy atom. The zero-order valence-electron chi connectivity index (χ0n) is 20.3. The molecule has 2 aliphatic rings. The molecule has 8 nitrogen and oxygen atoms in total. The van der Waals surface area contributed by atoms with Crippen LogP contribution in [0.2, 0.25) is 0 Å². The molecular weight excluding hydrogens is 479 g/mol. The first kappa shape index (κ1) is 21.5. The Bertz CT molecular complexity index is 1830. The van der Waals surface area contributed by atoms with Crippen molar-refractivity contribution in [2.45, 2.75) is 18.5 Å². The van der Waals surface area contributed by atoms with E-state index in [4.69, 9.17) is 10.1 Å². The molecule has 2 aliphatic heterocycles. The Hall–Kier alpha value is -4.63. The highest BCUT2D eigenvalue weighted by molar-refractivity contribution is 6.02. The van der Waals surface area contributed by atoms with E-state index in [1.165, 1.54) is 0 Å². The summed E-state index contributed by atoms with van der Waals surface area (Å²) >= 11 is 0. The van der Waals surface area contributed by atoms with Gasteiger partial charge in [-0.05, 0) is 54.4 Å². The number of benzene rings is 2. The van der Waals surface area contributed by atoms with Crippen molar-refractivity contribution in [2.75, 3.05) is 18.0 Å². The fourth-order valence-electron chi connectivity index (χ4n) is 6.06. The van der Waals surface area contributed by atoms with E-state index in [2.05, 4.69) is 25.4 Å². The van der Waals surface area contributed by atoms with E-state index in [9.17, 15) is 0 Å². The molecule has 0 radical (unpaired) electrons. The van der Waals surface area contributed by atoms with Crippen LogP contribution >= 0.6 is 0 Å². The number of aromatic nitrogens is 6. The Kier molecular flexibility index (Phi) is 4.62. The van der Waals surface area contributed by atoms with Crippen LogP contribution in [-0.2, 0) is 0 Å². The standard InChI is InChI=1S/C29H23FN8/c30-24-13-19(37-16-18-12-20(37)14-33-18)4-5-22(24)26-8-11-32-29-27(21-2-1-3-25-23(21)15-34-35-25)28(36-38(26)29)17-6-9-31-10-7-17/h1-11,13,15,18,20,33H,12,14,16H2,(H,34,35)/t18-,20-/m0/s1. The zero-order valence-corrected chi connectivity index (χ0v) is 20.3. The maximum absolute atomic E-state index is 15.8. The van der Waals surface area contributed by atoms with Gasteiger partial charge in [-0.15, -0.1) is 0 Å². The molecule has 8 rings (SSSR count). The minimum Gasteiger partial charge on any atom is -0.366 e. The number of nitrogens with one attached hydrogen (secondary N) is 2. The first-order chi connectivity index (χ1) is 18.7. The molecule has 2 bridgehead atoms. The molecule has 2 N–H and O–H groups in total. The summed E-state index contributed by atoms with van der Waals surface area (Å²) in [5, 5.41) is 16.8. The number of pyridine rings is 1. The minimum absolute atomic E-state index is 0.273. The zero-order chi connectivity index (χ0) is 25.2. The van der Waals surface area contributed by atoms with Gasteiger partial charge in [-0.1, -0.05) is 12.1 Å². The van der Waals surface area contributed by atoms with Gasteiger partial charge in [-0.2, -0.15) is 10.2 Å². The summed E-state index contributed by atoms with van der Waals surface area (Å²) in [6.45, 7) is 1.87. The number of anilines is 1. The summed E-state index contributed by atoms with van der Waals surface area (Å²) in [6, 6.07) is 18.2. The lowest BCUT2D eigenvalue weighted by Crippen LogP contribution is -2.43. The first-order valence-corrected chi connectivity index (χ1v) is 12.7. The van der Waals surface area contributed by atoms with Crippen molar-refractivity contribution in [3.05, 3.63) is 85.2 Å². The second-order valence-corrected chi connectivity index (χ2v) is 9.97. The molecule has 6 aromatic rings. The largest absolute Gasteiger partial charge is 0.366 e. The number of hydrogen-bond acceptors (Lipinski definition) is 6. The van der Waals surface area contributed by atoms with Crippen molar-refractivity contribution in [2.24, 2.45) is 0 Å². The molecule has 0 spiro atoms. The van der Waals surface area contributed by atoms with Crippen LogP contribution in [0.15, 0.2) is 79.4 Å². The molecule has 2 fully saturated rings. The molecule has 2 atom stereocenters. The SMILES string of the molecule is Fc1cc(N2C[C@@H]3C[C@H]2CN3)ccc1-c1ccnc2c(-c3cccc4[nH]ncc34)c(-c3ccncc3)nn12. The third kappa shape index (κ3) is 3.18. The van der Waals surface area contributed by atoms with Crippen LogP contribution in [0, 0.1) is 5.82 Å². The summed E-state index contributed by atoms with van der Waals surface area (Å²) in [5.41, 5.74) is 7.10. The second-order valence-electron chi connectivity index (χ2n) is 9.97. The Morgan fingerprint density at radius 1 is 0.974 bits per heavy atom. The summed E-state index contributed by atoms with van der Waals surface area (Å²) in [7, 11) is 0. The summed E-state index contributed by atoms with van der Waals surface area (Å²) in [5.74, 6) is -0.273. The van der Waals surface area contributed by atoms with Crippen molar-refractivity contribution in [3.63, 3.8) is 0 Å². The van der Waals surface area contributed by atoms with Crippen LogP contribution in [-0.4, -0.2) is 55.0 Å². The first-order valence-electron chi connectivity index (χ1n) is 12.7. The van der Waals surface area contributed by atoms with E-state index < -0.39 is 0 Å². The van der Waals surface area contributed by atoms with Crippen LogP contribution in [0.5, 0.6) is 0 Å².